The Kier molecular flexibility index (Phi) is 8.50. The van der Waals surface area contributed by atoms with Gasteiger partial charge >= 0.3 is 0 Å². The number of nitrogens with zero attached hydrogens (tertiary/aromatic N) is 3. The number of rotatable bonds is 9. The largest absolute Gasteiger partial charge is 0.342 e. The second-order valence-electron chi connectivity index (χ2n) is 8.76. The standard InChI is InChI=1S/C26H33N5O2S/c1-7-19-10-8-9-18(5)23(19)27-21(32)15-34-26-30-29-24(31(26)6)22(16(2)3)28-25(33)20-13-11-17(4)12-14-20/h8-14,16,22H,7,15H2,1-6H3,(H,27,32)(H,28,33)/t22-/m1/s1. The van der Waals surface area contributed by atoms with Crippen molar-refractivity contribution in [1.29, 1.82) is 0 Å². The molecule has 0 radical (unpaired) electrons. The molecule has 0 saturated carbocycles. The molecule has 7 nitrogen and oxygen atoms in total. The molecular formula is C26H33N5O2S. The number of thioether (sulfide) groups is 1. The maximum Gasteiger partial charge on any atom is 0.251 e. The summed E-state index contributed by atoms with van der Waals surface area (Å²) in [6, 6.07) is 13.2. The minimum Gasteiger partial charge on any atom is -0.342 e. The smallest absolute Gasteiger partial charge is 0.251 e. The third-order valence-corrected chi connectivity index (χ3v) is 6.77. The van der Waals surface area contributed by atoms with Crippen LogP contribution in [0.15, 0.2) is 47.6 Å². The highest BCUT2D eigenvalue weighted by atomic mass is 32.2. The van der Waals surface area contributed by atoms with Crippen LogP contribution >= 0.6 is 11.8 Å². The number of benzene rings is 2. The first kappa shape index (κ1) is 25.5. The van der Waals surface area contributed by atoms with Gasteiger partial charge in [-0.25, -0.2) is 0 Å². The predicted molar refractivity (Wildman–Crippen MR) is 137 cm³/mol. The van der Waals surface area contributed by atoms with Gasteiger partial charge in [0.15, 0.2) is 11.0 Å². The van der Waals surface area contributed by atoms with E-state index >= 15 is 0 Å². The SMILES string of the molecule is CCc1cccc(C)c1NC(=O)CSc1nnc([C@H](NC(=O)c2ccc(C)cc2)C(C)C)n1C. The normalized spacial score (nSPS) is 12.0. The fourth-order valence-corrected chi connectivity index (χ4v) is 4.41. The number of amides is 2. The summed E-state index contributed by atoms with van der Waals surface area (Å²) in [4.78, 5) is 25.5. The molecule has 0 fully saturated rings. The molecule has 0 bridgehead atoms. The van der Waals surface area contributed by atoms with E-state index in [-0.39, 0.29) is 29.5 Å². The summed E-state index contributed by atoms with van der Waals surface area (Å²) in [5.41, 5.74) is 4.75. The van der Waals surface area contributed by atoms with Gasteiger partial charge in [0, 0.05) is 18.3 Å². The van der Waals surface area contributed by atoms with Crippen molar-refractivity contribution in [1.82, 2.24) is 20.1 Å². The quantitative estimate of drug-likeness (QED) is 0.428. The molecule has 8 heteroatoms. The number of hydrogen-bond acceptors (Lipinski definition) is 5. The first-order chi connectivity index (χ1) is 16.2. The van der Waals surface area contributed by atoms with Crippen molar-refractivity contribution in [3.8, 4) is 0 Å². The fraction of sp³-hybridized carbons (Fsp3) is 0.385. The Labute approximate surface area is 205 Å². The van der Waals surface area contributed by atoms with Gasteiger partial charge in [-0.2, -0.15) is 0 Å². The molecule has 2 N–H and O–H groups in total. The highest BCUT2D eigenvalue weighted by Gasteiger charge is 2.25. The predicted octanol–water partition coefficient (Wildman–Crippen LogP) is 4.85. The molecule has 1 heterocycles. The van der Waals surface area contributed by atoms with Crippen LogP contribution in [0.1, 0.15) is 59.7 Å². The van der Waals surface area contributed by atoms with Gasteiger partial charge in [0.05, 0.1) is 11.8 Å². The molecule has 0 spiro atoms. The zero-order valence-corrected chi connectivity index (χ0v) is 21.5. The Morgan fingerprint density at radius 3 is 2.41 bits per heavy atom. The van der Waals surface area contributed by atoms with Gasteiger partial charge in [-0.05, 0) is 49.4 Å². The summed E-state index contributed by atoms with van der Waals surface area (Å²) in [5.74, 6) is 0.732. The molecule has 0 aliphatic heterocycles. The van der Waals surface area contributed by atoms with Crippen molar-refractivity contribution >= 4 is 29.3 Å². The lowest BCUT2D eigenvalue weighted by atomic mass is 10.0. The molecule has 2 amide bonds. The van der Waals surface area contributed by atoms with Gasteiger partial charge in [-0.1, -0.05) is 68.4 Å². The fourth-order valence-electron chi connectivity index (χ4n) is 3.69. The Bertz CT molecular complexity index is 1150. The van der Waals surface area contributed by atoms with Crippen LogP contribution < -0.4 is 10.6 Å². The number of para-hydroxylation sites is 1. The van der Waals surface area contributed by atoms with E-state index in [2.05, 4.69) is 27.8 Å². The van der Waals surface area contributed by atoms with Crippen LogP contribution in [0.25, 0.3) is 0 Å². The highest BCUT2D eigenvalue weighted by molar-refractivity contribution is 7.99. The molecule has 0 aliphatic carbocycles. The summed E-state index contributed by atoms with van der Waals surface area (Å²) in [7, 11) is 1.86. The zero-order chi connectivity index (χ0) is 24.8. The van der Waals surface area contributed by atoms with E-state index < -0.39 is 0 Å². The molecule has 0 saturated heterocycles. The molecule has 1 atom stereocenters. The minimum absolute atomic E-state index is 0.0911. The maximum atomic E-state index is 12.8. The highest BCUT2D eigenvalue weighted by Crippen LogP contribution is 2.25. The first-order valence-electron chi connectivity index (χ1n) is 11.5. The van der Waals surface area contributed by atoms with Gasteiger partial charge in [-0.15, -0.1) is 10.2 Å². The number of carbonyl (C=O) groups excluding carboxylic acids is 2. The second-order valence-corrected chi connectivity index (χ2v) is 9.70. The van der Waals surface area contributed by atoms with Crippen LogP contribution in [0.4, 0.5) is 5.69 Å². The Hall–Kier alpha value is -3.13. The van der Waals surface area contributed by atoms with Crippen molar-refractivity contribution < 1.29 is 9.59 Å². The molecule has 180 valence electrons. The number of aromatic nitrogens is 3. The van der Waals surface area contributed by atoms with Crippen molar-refractivity contribution in [2.24, 2.45) is 13.0 Å². The van der Waals surface area contributed by atoms with Crippen LogP contribution in [0.5, 0.6) is 0 Å². The number of nitrogens with one attached hydrogen (secondary N) is 2. The zero-order valence-electron chi connectivity index (χ0n) is 20.7. The molecule has 0 aliphatic rings. The second kappa shape index (κ2) is 11.3. The third kappa shape index (κ3) is 6.05. The molecule has 1 aromatic heterocycles. The lowest BCUT2D eigenvalue weighted by Gasteiger charge is -2.21. The van der Waals surface area contributed by atoms with E-state index in [4.69, 9.17) is 0 Å². The van der Waals surface area contributed by atoms with E-state index in [1.807, 2.05) is 81.8 Å². The molecule has 3 rings (SSSR count). The van der Waals surface area contributed by atoms with Crippen LogP contribution in [0.3, 0.4) is 0 Å². The average molecular weight is 480 g/mol. The number of hydrogen-bond donors (Lipinski definition) is 2. The number of aryl methyl sites for hydroxylation is 3. The van der Waals surface area contributed by atoms with Crippen LogP contribution in [-0.2, 0) is 18.3 Å². The monoisotopic (exact) mass is 479 g/mol. The molecule has 34 heavy (non-hydrogen) atoms. The van der Waals surface area contributed by atoms with E-state index in [9.17, 15) is 9.59 Å². The van der Waals surface area contributed by atoms with Crippen LogP contribution in [0, 0.1) is 19.8 Å². The Balaban J connectivity index is 1.68. The lowest BCUT2D eigenvalue weighted by molar-refractivity contribution is -0.113. The Morgan fingerprint density at radius 2 is 1.76 bits per heavy atom. The molecule has 2 aromatic carbocycles. The van der Waals surface area contributed by atoms with E-state index in [0.29, 0.717) is 16.5 Å². The Morgan fingerprint density at radius 1 is 1.06 bits per heavy atom. The van der Waals surface area contributed by atoms with Crippen molar-refractivity contribution in [2.75, 3.05) is 11.1 Å². The van der Waals surface area contributed by atoms with Gasteiger partial charge in [0.1, 0.15) is 0 Å². The van der Waals surface area contributed by atoms with Crippen molar-refractivity contribution in [3.05, 3.63) is 70.5 Å². The van der Waals surface area contributed by atoms with E-state index in [1.165, 1.54) is 11.8 Å². The first-order valence-corrected chi connectivity index (χ1v) is 12.5. The summed E-state index contributed by atoms with van der Waals surface area (Å²) < 4.78 is 1.85. The minimum atomic E-state index is -0.312. The van der Waals surface area contributed by atoms with Gasteiger partial charge in [-0.3, -0.25) is 9.59 Å². The topological polar surface area (TPSA) is 88.9 Å². The lowest BCUT2D eigenvalue weighted by Crippen LogP contribution is -2.33. The molecule has 0 unspecified atom stereocenters. The van der Waals surface area contributed by atoms with Crippen LogP contribution in [-0.4, -0.2) is 32.3 Å². The molecular weight excluding hydrogens is 446 g/mol. The van der Waals surface area contributed by atoms with Crippen molar-refractivity contribution in [2.45, 2.75) is 52.2 Å². The number of anilines is 1. The number of carbonyl (C=O) groups is 2. The summed E-state index contributed by atoms with van der Waals surface area (Å²) in [5, 5.41) is 15.4. The van der Waals surface area contributed by atoms with Gasteiger partial charge in [0.2, 0.25) is 5.91 Å². The maximum absolute atomic E-state index is 12.8. The van der Waals surface area contributed by atoms with Crippen molar-refractivity contribution in [3.63, 3.8) is 0 Å². The summed E-state index contributed by atoms with van der Waals surface area (Å²) >= 11 is 1.33. The third-order valence-electron chi connectivity index (χ3n) is 5.75. The van der Waals surface area contributed by atoms with E-state index in [0.717, 1.165) is 28.8 Å². The van der Waals surface area contributed by atoms with Crippen LogP contribution in [0.2, 0.25) is 0 Å². The summed E-state index contributed by atoms with van der Waals surface area (Å²) in [6.07, 6.45) is 0.849. The van der Waals surface area contributed by atoms with Gasteiger partial charge in [0.25, 0.3) is 5.91 Å². The molecule has 3 aromatic rings. The van der Waals surface area contributed by atoms with Gasteiger partial charge < -0.3 is 15.2 Å². The average Bonchev–Trinajstić information content (AvgIpc) is 3.17. The van der Waals surface area contributed by atoms with E-state index in [1.54, 1.807) is 0 Å². The summed E-state index contributed by atoms with van der Waals surface area (Å²) in [6.45, 7) is 10.1.